The molecule has 0 radical (unpaired) electrons. The molecule has 1 fully saturated rings. The molecule has 2 aromatic carbocycles. The van der Waals surface area contributed by atoms with E-state index in [2.05, 4.69) is 4.90 Å². The first-order chi connectivity index (χ1) is 12.5. The molecule has 1 heterocycles. The highest BCUT2D eigenvalue weighted by atomic mass is 19.2. The highest BCUT2D eigenvalue weighted by molar-refractivity contribution is 5.94. The number of carbonyl (C=O) groups is 1. The van der Waals surface area contributed by atoms with Gasteiger partial charge < -0.3 is 4.90 Å². The monoisotopic (exact) mass is 366 g/mol. The van der Waals surface area contributed by atoms with E-state index in [0.29, 0.717) is 44.7 Å². The predicted molar refractivity (Wildman–Crippen MR) is 88.8 cm³/mol. The molecule has 2 aromatic rings. The lowest BCUT2D eigenvalue weighted by Gasteiger charge is -2.34. The quantitative estimate of drug-likeness (QED) is 0.613. The van der Waals surface area contributed by atoms with Crippen molar-refractivity contribution >= 4 is 5.91 Å². The molecular formula is C19H18F4N2O. The molecular weight excluding hydrogens is 348 g/mol. The van der Waals surface area contributed by atoms with Gasteiger partial charge in [-0.15, -0.1) is 0 Å². The molecule has 0 saturated carbocycles. The van der Waals surface area contributed by atoms with Crippen molar-refractivity contribution in [3.63, 3.8) is 0 Å². The Morgan fingerprint density at radius 3 is 2.23 bits per heavy atom. The van der Waals surface area contributed by atoms with E-state index in [-0.39, 0.29) is 5.82 Å². The number of amides is 1. The predicted octanol–water partition coefficient (Wildman–Crippen LogP) is 3.24. The van der Waals surface area contributed by atoms with Crippen molar-refractivity contribution in [1.82, 2.24) is 9.80 Å². The standard InChI is InChI=1S/C19H18F4N2O/c20-15-4-2-1-3-13(15)7-8-24-9-11-25(12-10-24)19(26)14-5-6-16(21)18(23)17(14)22/h1-6H,7-12H2. The van der Waals surface area contributed by atoms with Crippen molar-refractivity contribution in [2.45, 2.75) is 6.42 Å². The average molecular weight is 366 g/mol. The Labute approximate surface area is 148 Å². The largest absolute Gasteiger partial charge is 0.336 e. The summed E-state index contributed by atoms with van der Waals surface area (Å²) in [5, 5.41) is 0. The van der Waals surface area contributed by atoms with Crippen LogP contribution in [0.1, 0.15) is 15.9 Å². The van der Waals surface area contributed by atoms with Gasteiger partial charge in [0, 0.05) is 32.7 Å². The summed E-state index contributed by atoms with van der Waals surface area (Å²) in [5.74, 6) is -5.32. The van der Waals surface area contributed by atoms with Crippen molar-refractivity contribution in [3.05, 3.63) is 70.8 Å². The zero-order valence-electron chi connectivity index (χ0n) is 14.0. The third-order valence-corrected chi connectivity index (χ3v) is 4.58. The Morgan fingerprint density at radius 2 is 1.54 bits per heavy atom. The van der Waals surface area contributed by atoms with Crippen LogP contribution in [0.25, 0.3) is 0 Å². The first-order valence-electron chi connectivity index (χ1n) is 8.36. The highest BCUT2D eigenvalue weighted by Crippen LogP contribution is 2.18. The Balaban J connectivity index is 1.56. The third kappa shape index (κ3) is 3.88. The number of benzene rings is 2. The Bertz CT molecular complexity index is 804. The first kappa shape index (κ1) is 18.4. The lowest BCUT2D eigenvalue weighted by atomic mass is 10.1. The van der Waals surface area contributed by atoms with Gasteiger partial charge in [0.15, 0.2) is 17.5 Å². The van der Waals surface area contributed by atoms with Crippen LogP contribution >= 0.6 is 0 Å². The number of carbonyl (C=O) groups excluding carboxylic acids is 1. The fraction of sp³-hybridized carbons (Fsp3) is 0.316. The van der Waals surface area contributed by atoms with E-state index < -0.39 is 28.9 Å². The molecule has 0 aliphatic carbocycles. The van der Waals surface area contributed by atoms with Gasteiger partial charge in [0.2, 0.25) is 0 Å². The second kappa shape index (κ2) is 7.86. The summed E-state index contributed by atoms with van der Waals surface area (Å²) in [6, 6.07) is 8.28. The van der Waals surface area contributed by atoms with E-state index >= 15 is 0 Å². The molecule has 0 N–H and O–H groups in total. The van der Waals surface area contributed by atoms with E-state index in [4.69, 9.17) is 0 Å². The summed E-state index contributed by atoms with van der Waals surface area (Å²) in [5.41, 5.74) is 0.165. The molecule has 0 bridgehead atoms. The minimum atomic E-state index is -1.64. The summed E-state index contributed by atoms with van der Waals surface area (Å²) in [4.78, 5) is 15.8. The van der Waals surface area contributed by atoms with E-state index in [9.17, 15) is 22.4 Å². The molecule has 7 heteroatoms. The molecule has 3 nitrogen and oxygen atoms in total. The summed E-state index contributed by atoms with van der Waals surface area (Å²) in [6.07, 6.45) is 0.554. The van der Waals surface area contributed by atoms with E-state index in [1.54, 1.807) is 18.2 Å². The Morgan fingerprint density at radius 1 is 0.846 bits per heavy atom. The zero-order chi connectivity index (χ0) is 18.7. The first-order valence-corrected chi connectivity index (χ1v) is 8.36. The second-order valence-corrected chi connectivity index (χ2v) is 6.20. The van der Waals surface area contributed by atoms with Gasteiger partial charge in [-0.05, 0) is 30.2 Å². The number of hydrogen-bond donors (Lipinski definition) is 0. The maximum atomic E-state index is 13.8. The molecule has 3 rings (SSSR count). The smallest absolute Gasteiger partial charge is 0.257 e. The van der Waals surface area contributed by atoms with E-state index in [1.807, 2.05) is 0 Å². The Hall–Kier alpha value is -2.41. The number of halogens is 4. The van der Waals surface area contributed by atoms with Crippen molar-refractivity contribution in [3.8, 4) is 0 Å². The number of hydrogen-bond acceptors (Lipinski definition) is 2. The lowest BCUT2D eigenvalue weighted by Crippen LogP contribution is -2.49. The topological polar surface area (TPSA) is 23.6 Å². The third-order valence-electron chi connectivity index (χ3n) is 4.58. The van der Waals surface area contributed by atoms with Crippen molar-refractivity contribution in [2.24, 2.45) is 0 Å². The zero-order valence-corrected chi connectivity index (χ0v) is 14.0. The van der Waals surface area contributed by atoms with Crippen LogP contribution in [0.2, 0.25) is 0 Å². The molecule has 0 atom stereocenters. The second-order valence-electron chi connectivity index (χ2n) is 6.20. The van der Waals surface area contributed by atoms with Crippen LogP contribution in [0.15, 0.2) is 36.4 Å². The number of piperazine rings is 1. The van der Waals surface area contributed by atoms with Crippen LogP contribution in [-0.4, -0.2) is 48.4 Å². The maximum absolute atomic E-state index is 13.8. The van der Waals surface area contributed by atoms with Gasteiger partial charge in [-0.2, -0.15) is 0 Å². The van der Waals surface area contributed by atoms with Crippen LogP contribution in [0.4, 0.5) is 17.6 Å². The van der Waals surface area contributed by atoms with E-state index in [0.717, 1.165) is 12.1 Å². The molecule has 1 saturated heterocycles. The molecule has 138 valence electrons. The maximum Gasteiger partial charge on any atom is 0.257 e. The fourth-order valence-electron chi connectivity index (χ4n) is 3.02. The lowest BCUT2D eigenvalue weighted by molar-refractivity contribution is 0.0632. The normalized spacial score (nSPS) is 15.3. The summed E-state index contributed by atoms with van der Waals surface area (Å²) >= 11 is 0. The van der Waals surface area contributed by atoms with E-state index in [1.165, 1.54) is 11.0 Å². The van der Waals surface area contributed by atoms with Crippen LogP contribution in [0.5, 0.6) is 0 Å². The van der Waals surface area contributed by atoms with Gasteiger partial charge >= 0.3 is 0 Å². The SMILES string of the molecule is O=C(c1ccc(F)c(F)c1F)N1CCN(CCc2ccccc2F)CC1. The number of nitrogens with zero attached hydrogens (tertiary/aromatic N) is 2. The molecule has 0 unspecified atom stereocenters. The summed E-state index contributed by atoms with van der Waals surface area (Å²) < 4.78 is 53.7. The van der Waals surface area contributed by atoms with Gasteiger partial charge in [0.25, 0.3) is 5.91 Å². The molecule has 26 heavy (non-hydrogen) atoms. The molecule has 0 spiro atoms. The molecule has 1 aliphatic heterocycles. The van der Waals surface area contributed by atoms with Gasteiger partial charge in [-0.1, -0.05) is 18.2 Å². The van der Waals surface area contributed by atoms with Crippen LogP contribution in [0.3, 0.4) is 0 Å². The number of rotatable bonds is 4. The minimum Gasteiger partial charge on any atom is -0.336 e. The molecule has 0 aromatic heterocycles. The summed E-state index contributed by atoms with van der Waals surface area (Å²) in [6.45, 7) is 2.42. The van der Waals surface area contributed by atoms with Crippen LogP contribution < -0.4 is 0 Å². The van der Waals surface area contributed by atoms with Gasteiger partial charge in [-0.25, -0.2) is 17.6 Å². The minimum absolute atomic E-state index is 0.241. The fourth-order valence-corrected chi connectivity index (χ4v) is 3.02. The van der Waals surface area contributed by atoms with Crippen LogP contribution in [-0.2, 0) is 6.42 Å². The van der Waals surface area contributed by atoms with Crippen LogP contribution in [0, 0.1) is 23.3 Å². The molecule has 1 aliphatic rings. The van der Waals surface area contributed by atoms with Gasteiger partial charge in [0.1, 0.15) is 5.82 Å². The highest BCUT2D eigenvalue weighted by Gasteiger charge is 2.26. The Kier molecular flexibility index (Phi) is 5.56. The van der Waals surface area contributed by atoms with Crippen molar-refractivity contribution in [1.29, 1.82) is 0 Å². The van der Waals surface area contributed by atoms with Gasteiger partial charge in [-0.3, -0.25) is 9.69 Å². The molecule has 1 amide bonds. The van der Waals surface area contributed by atoms with Crippen molar-refractivity contribution < 1.29 is 22.4 Å². The average Bonchev–Trinajstić information content (AvgIpc) is 2.65. The van der Waals surface area contributed by atoms with Crippen molar-refractivity contribution in [2.75, 3.05) is 32.7 Å². The van der Waals surface area contributed by atoms with Gasteiger partial charge in [0.05, 0.1) is 5.56 Å². The summed E-state index contributed by atoms with van der Waals surface area (Å²) in [7, 11) is 0.